The molecular formula is C14H25N3O6. The second-order valence-electron chi connectivity index (χ2n) is 5.80. The molecule has 0 aromatic carbocycles. The summed E-state index contributed by atoms with van der Waals surface area (Å²) in [7, 11) is 0. The molecule has 0 saturated heterocycles. The molecule has 0 heterocycles. The van der Waals surface area contributed by atoms with Crippen molar-refractivity contribution >= 4 is 23.8 Å². The average molecular weight is 331 g/mol. The highest BCUT2D eigenvalue weighted by Gasteiger charge is 2.25. The molecule has 9 nitrogen and oxygen atoms in total. The fourth-order valence-corrected chi connectivity index (χ4v) is 1.79. The lowest BCUT2D eigenvalue weighted by Crippen LogP contribution is -2.53. The SMILES string of the molecule is CC(C)C[C@H](NC(=O)[C@H](C)NC(=O)[C@@H](N)CCC(=O)O)C(=O)O. The lowest BCUT2D eigenvalue weighted by atomic mass is 10.0. The van der Waals surface area contributed by atoms with E-state index in [9.17, 15) is 19.2 Å². The van der Waals surface area contributed by atoms with Gasteiger partial charge in [0.1, 0.15) is 12.1 Å². The normalized spacial score (nSPS) is 14.7. The van der Waals surface area contributed by atoms with Crippen molar-refractivity contribution in [3.05, 3.63) is 0 Å². The van der Waals surface area contributed by atoms with Crippen molar-refractivity contribution in [3.63, 3.8) is 0 Å². The maximum atomic E-state index is 11.9. The van der Waals surface area contributed by atoms with Crippen LogP contribution in [0.25, 0.3) is 0 Å². The van der Waals surface area contributed by atoms with Gasteiger partial charge in [-0.15, -0.1) is 0 Å². The average Bonchev–Trinajstić information content (AvgIpc) is 2.42. The Balaban J connectivity index is 4.50. The van der Waals surface area contributed by atoms with Crippen molar-refractivity contribution in [2.75, 3.05) is 0 Å². The van der Waals surface area contributed by atoms with E-state index in [-0.39, 0.29) is 25.2 Å². The van der Waals surface area contributed by atoms with E-state index in [1.54, 1.807) is 0 Å². The van der Waals surface area contributed by atoms with E-state index < -0.39 is 41.9 Å². The molecular weight excluding hydrogens is 306 g/mol. The van der Waals surface area contributed by atoms with Crippen LogP contribution in [0.3, 0.4) is 0 Å². The number of amides is 2. The summed E-state index contributed by atoms with van der Waals surface area (Å²) < 4.78 is 0. The Bertz CT molecular complexity index is 452. The first-order chi connectivity index (χ1) is 10.5. The van der Waals surface area contributed by atoms with Crippen LogP contribution in [0.1, 0.15) is 40.0 Å². The molecule has 6 N–H and O–H groups in total. The molecule has 0 radical (unpaired) electrons. The van der Waals surface area contributed by atoms with E-state index >= 15 is 0 Å². The van der Waals surface area contributed by atoms with Gasteiger partial charge in [-0.3, -0.25) is 14.4 Å². The number of nitrogens with two attached hydrogens (primary N) is 1. The number of carboxylic acid groups (broad SMARTS) is 2. The minimum Gasteiger partial charge on any atom is -0.481 e. The van der Waals surface area contributed by atoms with Gasteiger partial charge in [0.25, 0.3) is 0 Å². The molecule has 0 aliphatic carbocycles. The highest BCUT2D eigenvalue weighted by atomic mass is 16.4. The van der Waals surface area contributed by atoms with Crippen LogP contribution in [0.2, 0.25) is 0 Å². The van der Waals surface area contributed by atoms with E-state index in [0.29, 0.717) is 0 Å². The van der Waals surface area contributed by atoms with Crippen molar-refractivity contribution in [2.24, 2.45) is 11.7 Å². The third-order valence-corrected chi connectivity index (χ3v) is 3.08. The Labute approximate surface area is 134 Å². The number of carbonyl (C=O) groups excluding carboxylic acids is 2. The van der Waals surface area contributed by atoms with Crippen molar-refractivity contribution in [1.82, 2.24) is 10.6 Å². The first-order valence-corrected chi connectivity index (χ1v) is 7.35. The zero-order valence-electron chi connectivity index (χ0n) is 13.5. The van der Waals surface area contributed by atoms with Crippen LogP contribution in [0.4, 0.5) is 0 Å². The Morgan fingerprint density at radius 2 is 1.57 bits per heavy atom. The first-order valence-electron chi connectivity index (χ1n) is 7.35. The van der Waals surface area contributed by atoms with Crippen LogP contribution in [0, 0.1) is 5.92 Å². The zero-order valence-corrected chi connectivity index (χ0v) is 13.5. The molecule has 0 saturated carbocycles. The molecule has 9 heteroatoms. The highest BCUT2D eigenvalue weighted by molar-refractivity contribution is 5.91. The molecule has 0 aromatic rings. The number of carboxylic acids is 2. The molecule has 0 unspecified atom stereocenters. The van der Waals surface area contributed by atoms with Gasteiger partial charge in [-0.25, -0.2) is 4.79 Å². The van der Waals surface area contributed by atoms with Crippen molar-refractivity contribution in [3.8, 4) is 0 Å². The van der Waals surface area contributed by atoms with Crippen molar-refractivity contribution in [1.29, 1.82) is 0 Å². The maximum Gasteiger partial charge on any atom is 0.326 e. The van der Waals surface area contributed by atoms with Gasteiger partial charge >= 0.3 is 11.9 Å². The number of aliphatic carboxylic acids is 2. The van der Waals surface area contributed by atoms with Crippen LogP contribution >= 0.6 is 0 Å². The Morgan fingerprint density at radius 3 is 2.00 bits per heavy atom. The lowest BCUT2D eigenvalue weighted by molar-refractivity contribution is -0.142. The molecule has 3 atom stereocenters. The smallest absolute Gasteiger partial charge is 0.326 e. The van der Waals surface area contributed by atoms with Gasteiger partial charge in [0, 0.05) is 6.42 Å². The van der Waals surface area contributed by atoms with Crippen LogP contribution in [0.15, 0.2) is 0 Å². The molecule has 23 heavy (non-hydrogen) atoms. The first kappa shape index (κ1) is 20.8. The predicted molar refractivity (Wildman–Crippen MR) is 81.5 cm³/mol. The maximum absolute atomic E-state index is 11.9. The largest absolute Gasteiger partial charge is 0.481 e. The van der Waals surface area contributed by atoms with Crippen LogP contribution < -0.4 is 16.4 Å². The number of rotatable bonds is 10. The number of hydrogen-bond acceptors (Lipinski definition) is 5. The third kappa shape index (κ3) is 8.77. The molecule has 0 aliphatic heterocycles. The Morgan fingerprint density at radius 1 is 1.00 bits per heavy atom. The van der Waals surface area contributed by atoms with Gasteiger partial charge in [0.05, 0.1) is 6.04 Å². The van der Waals surface area contributed by atoms with Gasteiger partial charge in [0.2, 0.25) is 11.8 Å². The topological polar surface area (TPSA) is 159 Å². The number of hydrogen-bond donors (Lipinski definition) is 5. The molecule has 132 valence electrons. The molecule has 0 aromatic heterocycles. The second-order valence-corrected chi connectivity index (χ2v) is 5.80. The fourth-order valence-electron chi connectivity index (χ4n) is 1.79. The summed E-state index contributed by atoms with van der Waals surface area (Å²) >= 11 is 0. The van der Waals surface area contributed by atoms with Gasteiger partial charge in [0.15, 0.2) is 0 Å². The summed E-state index contributed by atoms with van der Waals surface area (Å²) in [6.45, 7) is 5.05. The number of carbonyl (C=O) groups is 4. The number of nitrogens with one attached hydrogen (secondary N) is 2. The van der Waals surface area contributed by atoms with Crippen molar-refractivity contribution in [2.45, 2.75) is 58.2 Å². The summed E-state index contributed by atoms with van der Waals surface area (Å²) in [5.41, 5.74) is 5.53. The summed E-state index contributed by atoms with van der Waals surface area (Å²) in [6, 6.07) is -3.07. The monoisotopic (exact) mass is 331 g/mol. The Kier molecular flexibility index (Phi) is 8.86. The van der Waals surface area contributed by atoms with Crippen LogP contribution in [-0.2, 0) is 19.2 Å². The van der Waals surface area contributed by atoms with E-state index in [2.05, 4.69) is 10.6 Å². The minimum absolute atomic E-state index is 0.0550. The van der Waals surface area contributed by atoms with E-state index in [4.69, 9.17) is 15.9 Å². The van der Waals surface area contributed by atoms with E-state index in [1.807, 2.05) is 13.8 Å². The zero-order chi connectivity index (χ0) is 18.2. The minimum atomic E-state index is -1.15. The fraction of sp³-hybridized carbons (Fsp3) is 0.714. The van der Waals surface area contributed by atoms with Crippen LogP contribution in [-0.4, -0.2) is 52.1 Å². The van der Waals surface area contributed by atoms with Gasteiger partial charge in [-0.05, 0) is 25.7 Å². The lowest BCUT2D eigenvalue weighted by Gasteiger charge is -2.21. The molecule has 2 amide bonds. The van der Waals surface area contributed by atoms with Crippen LogP contribution in [0.5, 0.6) is 0 Å². The van der Waals surface area contributed by atoms with Crippen molar-refractivity contribution < 1.29 is 29.4 Å². The third-order valence-electron chi connectivity index (χ3n) is 3.08. The molecule has 0 rings (SSSR count). The predicted octanol–water partition coefficient (Wildman–Crippen LogP) is -0.701. The Hall–Kier alpha value is -2.16. The summed E-state index contributed by atoms with van der Waals surface area (Å²) in [5, 5.41) is 22.3. The quantitative estimate of drug-likeness (QED) is 0.354. The van der Waals surface area contributed by atoms with Gasteiger partial charge in [-0.1, -0.05) is 13.8 Å². The van der Waals surface area contributed by atoms with Gasteiger partial charge in [-0.2, -0.15) is 0 Å². The molecule has 0 spiro atoms. The highest BCUT2D eigenvalue weighted by Crippen LogP contribution is 2.05. The summed E-state index contributed by atoms with van der Waals surface area (Å²) in [5.74, 6) is -3.45. The summed E-state index contributed by atoms with van der Waals surface area (Å²) in [6.07, 6.45) is -0.0505. The van der Waals surface area contributed by atoms with E-state index in [1.165, 1.54) is 6.92 Å². The standard InChI is InChI=1S/C14H25N3O6/c1-7(2)6-10(14(22)23)17-12(20)8(3)16-13(21)9(15)4-5-11(18)19/h7-10H,4-6,15H2,1-3H3,(H,16,21)(H,17,20)(H,18,19)(H,22,23)/t8-,9-,10-/m0/s1. The molecule has 0 bridgehead atoms. The second kappa shape index (κ2) is 9.78. The van der Waals surface area contributed by atoms with E-state index in [0.717, 1.165) is 0 Å². The molecule has 0 aliphatic rings. The van der Waals surface area contributed by atoms with Gasteiger partial charge < -0.3 is 26.6 Å². The molecule has 0 fully saturated rings. The summed E-state index contributed by atoms with van der Waals surface area (Å²) in [4.78, 5) is 45.2.